The Morgan fingerprint density at radius 2 is 1.54 bits per heavy atom. The van der Waals surface area contributed by atoms with Gasteiger partial charge in [0, 0.05) is 0 Å². The van der Waals surface area contributed by atoms with Crippen LogP contribution in [-0.4, -0.2) is 24.3 Å². The van der Waals surface area contributed by atoms with Gasteiger partial charge >= 0.3 is 5.97 Å². The smallest absolute Gasteiger partial charge is 0.344 e. The third kappa shape index (κ3) is 6.91. The Kier molecular flexibility index (Phi) is 7.91. The van der Waals surface area contributed by atoms with Gasteiger partial charge in [0.1, 0.15) is 11.5 Å². The summed E-state index contributed by atoms with van der Waals surface area (Å²) in [6, 6.07) is 15.8. The van der Waals surface area contributed by atoms with E-state index in [4.69, 9.17) is 9.47 Å². The molecule has 1 unspecified atom stereocenters. The van der Waals surface area contributed by atoms with E-state index < -0.39 is 12.1 Å². The second kappa shape index (κ2) is 10.2. The molecule has 4 nitrogen and oxygen atoms in total. The predicted molar refractivity (Wildman–Crippen MR) is 112 cm³/mol. The number of rotatable bonds is 10. The summed E-state index contributed by atoms with van der Waals surface area (Å²) in [5, 5.41) is 9.47. The van der Waals surface area contributed by atoms with Crippen molar-refractivity contribution in [3.05, 3.63) is 59.7 Å². The molecule has 0 amide bonds. The lowest BCUT2D eigenvalue weighted by Gasteiger charge is -2.20. The first-order chi connectivity index (χ1) is 13.3. The fourth-order valence-corrected chi connectivity index (χ4v) is 3.06. The number of carboxylic acids is 1. The average Bonchev–Trinajstić information content (AvgIpc) is 2.67. The molecule has 0 aliphatic carbocycles. The molecule has 1 N–H and O–H groups in total. The van der Waals surface area contributed by atoms with Crippen molar-refractivity contribution in [1.29, 1.82) is 0 Å². The molecular weight excluding hydrogens is 352 g/mol. The van der Waals surface area contributed by atoms with Crippen molar-refractivity contribution in [3.8, 4) is 11.5 Å². The van der Waals surface area contributed by atoms with Crippen molar-refractivity contribution in [2.45, 2.75) is 64.4 Å². The van der Waals surface area contributed by atoms with Crippen LogP contribution in [0.4, 0.5) is 0 Å². The molecular formula is C24H32O4. The lowest BCUT2D eigenvalue weighted by atomic mass is 9.87. The number of methoxy groups -OCH3 is 1. The molecule has 152 valence electrons. The Balaban J connectivity index is 1.77. The minimum atomic E-state index is -0.907. The van der Waals surface area contributed by atoms with Gasteiger partial charge in [0.15, 0.2) is 6.10 Å². The molecule has 1 atom stereocenters. The lowest BCUT2D eigenvalue weighted by molar-refractivity contribution is -0.145. The summed E-state index contributed by atoms with van der Waals surface area (Å²) in [6.45, 7) is 6.44. The Morgan fingerprint density at radius 3 is 2.07 bits per heavy atom. The molecule has 2 aromatic carbocycles. The van der Waals surface area contributed by atoms with Crippen molar-refractivity contribution >= 4 is 5.97 Å². The Bertz CT molecular complexity index is 727. The Hall–Kier alpha value is -2.49. The summed E-state index contributed by atoms with van der Waals surface area (Å²) < 4.78 is 10.9. The van der Waals surface area contributed by atoms with Crippen molar-refractivity contribution in [1.82, 2.24) is 0 Å². The van der Waals surface area contributed by atoms with Crippen LogP contribution in [0.2, 0.25) is 0 Å². The second-order valence-electron chi connectivity index (χ2n) is 8.17. The van der Waals surface area contributed by atoms with Crippen molar-refractivity contribution < 1.29 is 19.4 Å². The zero-order valence-corrected chi connectivity index (χ0v) is 17.4. The van der Waals surface area contributed by atoms with Crippen LogP contribution < -0.4 is 9.47 Å². The van der Waals surface area contributed by atoms with Crippen LogP contribution in [0.5, 0.6) is 11.5 Å². The highest BCUT2D eigenvalue weighted by atomic mass is 16.5. The SMILES string of the molecule is COc1ccc(CCCCCC(Oc2ccc(C(C)(C)C)cc2)C(=O)O)cc1. The number of carboxylic acid groups (broad SMARTS) is 1. The molecule has 0 aromatic heterocycles. The van der Waals surface area contributed by atoms with Gasteiger partial charge < -0.3 is 14.6 Å². The van der Waals surface area contributed by atoms with Gasteiger partial charge in [-0.25, -0.2) is 4.79 Å². The summed E-state index contributed by atoms with van der Waals surface area (Å²) >= 11 is 0. The first-order valence-corrected chi connectivity index (χ1v) is 9.92. The largest absolute Gasteiger partial charge is 0.497 e. The second-order valence-corrected chi connectivity index (χ2v) is 8.17. The van der Waals surface area contributed by atoms with E-state index >= 15 is 0 Å². The monoisotopic (exact) mass is 384 g/mol. The van der Waals surface area contributed by atoms with Crippen LogP contribution in [0.1, 0.15) is 57.6 Å². The molecule has 4 heteroatoms. The fraction of sp³-hybridized carbons (Fsp3) is 0.458. The zero-order valence-electron chi connectivity index (χ0n) is 17.4. The highest BCUT2D eigenvalue weighted by Crippen LogP contribution is 2.25. The van der Waals surface area contributed by atoms with Gasteiger partial charge in [0.2, 0.25) is 0 Å². The number of hydrogen-bond donors (Lipinski definition) is 1. The summed E-state index contributed by atoms with van der Waals surface area (Å²) in [7, 11) is 1.66. The van der Waals surface area contributed by atoms with Crippen LogP contribution in [-0.2, 0) is 16.6 Å². The fourth-order valence-electron chi connectivity index (χ4n) is 3.06. The molecule has 0 saturated carbocycles. The molecule has 0 aliphatic rings. The van der Waals surface area contributed by atoms with E-state index in [-0.39, 0.29) is 5.41 Å². The first kappa shape index (κ1) is 21.8. The normalized spacial score (nSPS) is 12.4. The maximum Gasteiger partial charge on any atom is 0.344 e. The van der Waals surface area contributed by atoms with E-state index in [0.717, 1.165) is 31.4 Å². The van der Waals surface area contributed by atoms with Gasteiger partial charge in [-0.3, -0.25) is 0 Å². The average molecular weight is 385 g/mol. The van der Waals surface area contributed by atoms with E-state index in [1.54, 1.807) is 7.11 Å². The number of ether oxygens (including phenoxy) is 2. The molecule has 0 saturated heterocycles. The molecule has 0 heterocycles. The van der Waals surface area contributed by atoms with E-state index in [9.17, 15) is 9.90 Å². The first-order valence-electron chi connectivity index (χ1n) is 9.92. The van der Waals surface area contributed by atoms with Crippen LogP contribution >= 0.6 is 0 Å². The Labute approximate surface area is 168 Å². The third-order valence-electron chi connectivity index (χ3n) is 4.86. The number of unbranched alkanes of at least 4 members (excludes halogenated alkanes) is 2. The van der Waals surface area contributed by atoms with Gasteiger partial charge in [-0.05, 0) is 66.5 Å². The number of hydrogen-bond acceptors (Lipinski definition) is 3. The summed E-state index contributed by atoms with van der Waals surface area (Å²) in [4.78, 5) is 11.5. The van der Waals surface area contributed by atoms with Gasteiger partial charge in [0.25, 0.3) is 0 Å². The van der Waals surface area contributed by atoms with Crippen LogP contribution in [0.3, 0.4) is 0 Å². The molecule has 2 aromatic rings. The van der Waals surface area contributed by atoms with Crippen LogP contribution in [0.15, 0.2) is 48.5 Å². The third-order valence-corrected chi connectivity index (χ3v) is 4.86. The van der Waals surface area contributed by atoms with Crippen LogP contribution in [0.25, 0.3) is 0 Å². The molecule has 0 radical (unpaired) electrons. The quantitative estimate of drug-likeness (QED) is 0.540. The van der Waals surface area contributed by atoms with Crippen molar-refractivity contribution in [2.75, 3.05) is 7.11 Å². The molecule has 2 rings (SSSR count). The summed E-state index contributed by atoms with van der Waals surface area (Å²) in [5.41, 5.74) is 2.53. The van der Waals surface area contributed by atoms with Gasteiger partial charge in [0.05, 0.1) is 7.11 Å². The van der Waals surface area contributed by atoms with E-state index in [1.165, 1.54) is 11.1 Å². The maximum atomic E-state index is 11.5. The van der Waals surface area contributed by atoms with Gasteiger partial charge in [-0.1, -0.05) is 51.5 Å². The standard InChI is InChI=1S/C24H32O4/c1-24(2,3)19-12-16-21(17-13-19)28-22(23(25)26)9-7-5-6-8-18-10-14-20(27-4)15-11-18/h10-17,22H,5-9H2,1-4H3,(H,25,26). The van der Waals surface area contributed by atoms with Crippen molar-refractivity contribution in [3.63, 3.8) is 0 Å². The minimum Gasteiger partial charge on any atom is -0.497 e. The maximum absolute atomic E-state index is 11.5. The highest BCUT2D eigenvalue weighted by molar-refractivity contribution is 5.72. The van der Waals surface area contributed by atoms with E-state index in [2.05, 4.69) is 32.9 Å². The van der Waals surface area contributed by atoms with Gasteiger partial charge in [-0.2, -0.15) is 0 Å². The highest BCUT2D eigenvalue weighted by Gasteiger charge is 2.19. The van der Waals surface area contributed by atoms with E-state index in [0.29, 0.717) is 12.2 Å². The minimum absolute atomic E-state index is 0.0641. The summed E-state index contributed by atoms with van der Waals surface area (Å²) in [5.74, 6) is 0.564. The molecule has 28 heavy (non-hydrogen) atoms. The van der Waals surface area contributed by atoms with Gasteiger partial charge in [-0.15, -0.1) is 0 Å². The topological polar surface area (TPSA) is 55.8 Å². The summed E-state index contributed by atoms with van der Waals surface area (Å²) in [6.07, 6.45) is 3.52. The number of aliphatic carboxylic acids is 1. The predicted octanol–water partition coefficient (Wildman–Crippen LogP) is 5.63. The number of carbonyl (C=O) groups is 1. The Morgan fingerprint density at radius 1 is 0.929 bits per heavy atom. The van der Waals surface area contributed by atoms with E-state index in [1.807, 2.05) is 36.4 Å². The molecule has 0 fully saturated rings. The lowest BCUT2D eigenvalue weighted by Crippen LogP contribution is -2.27. The van der Waals surface area contributed by atoms with Crippen molar-refractivity contribution in [2.24, 2.45) is 0 Å². The molecule has 0 aliphatic heterocycles. The number of aryl methyl sites for hydroxylation is 1. The molecule has 0 spiro atoms. The molecule has 0 bridgehead atoms. The zero-order chi connectivity index (χ0) is 20.6. The van der Waals surface area contributed by atoms with Crippen LogP contribution in [0, 0.1) is 0 Å². The number of benzene rings is 2.